The number of aliphatic hydroxyl groups is 1. The molecule has 0 bridgehead atoms. The molecule has 8 nitrogen and oxygen atoms in total. The molecule has 116 valence electrons. The summed E-state index contributed by atoms with van der Waals surface area (Å²) in [4.78, 5) is 21.2. The Morgan fingerprint density at radius 3 is 2.86 bits per heavy atom. The van der Waals surface area contributed by atoms with Gasteiger partial charge >= 0.3 is 6.01 Å². The molecule has 1 saturated heterocycles. The summed E-state index contributed by atoms with van der Waals surface area (Å²) in [6.07, 6.45) is 1.81. The van der Waals surface area contributed by atoms with Crippen LogP contribution >= 0.6 is 0 Å². The molecule has 1 aliphatic rings. The second-order valence-corrected chi connectivity index (χ2v) is 4.69. The number of hydrogen-bond acceptors (Lipinski definition) is 7. The topological polar surface area (TPSA) is 94.0 Å². The molecule has 2 heterocycles. The molecule has 1 aromatic heterocycles. The number of aromatic nitrogens is 2. The van der Waals surface area contributed by atoms with E-state index in [1.54, 1.807) is 13.1 Å². The summed E-state index contributed by atoms with van der Waals surface area (Å²) < 4.78 is 15.7. The molecule has 2 rings (SSSR count). The fourth-order valence-corrected chi connectivity index (χ4v) is 2.07. The van der Waals surface area contributed by atoms with E-state index in [1.807, 2.05) is 0 Å². The van der Waals surface area contributed by atoms with Gasteiger partial charge in [-0.15, -0.1) is 0 Å². The fourth-order valence-electron chi connectivity index (χ4n) is 2.07. The zero-order chi connectivity index (χ0) is 15.2. The van der Waals surface area contributed by atoms with Crippen molar-refractivity contribution in [1.29, 1.82) is 0 Å². The van der Waals surface area contributed by atoms with Crippen LogP contribution < -0.4 is 4.74 Å². The minimum atomic E-state index is -0.800. The highest BCUT2D eigenvalue weighted by atomic mass is 16.5. The van der Waals surface area contributed by atoms with Crippen molar-refractivity contribution >= 4 is 5.91 Å². The maximum atomic E-state index is 12.1. The van der Waals surface area contributed by atoms with Crippen LogP contribution in [0.4, 0.5) is 0 Å². The standard InChI is InChI=1S/C13H19N3O5/c1-16(9-6-20-7-10(19-2)12(9)18)11(17)8-21-13-14-4-3-5-15-13/h3-5,9-10,12,18H,6-8H2,1-2H3/t9-,10-,12+/m1/s1. The van der Waals surface area contributed by atoms with Gasteiger partial charge in [0.15, 0.2) is 6.61 Å². The van der Waals surface area contributed by atoms with Gasteiger partial charge in [0.1, 0.15) is 12.2 Å². The highest BCUT2D eigenvalue weighted by molar-refractivity contribution is 5.77. The van der Waals surface area contributed by atoms with Crippen molar-refractivity contribution in [3.05, 3.63) is 18.5 Å². The largest absolute Gasteiger partial charge is 0.453 e. The first-order chi connectivity index (χ1) is 10.1. The summed E-state index contributed by atoms with van der Waals surface area (Å²) in [6, 6.07) is 1.31. The number of nitrogens with zero attached hydrogens (tertiary/aromatic N) is 3. The first-order valence-corrected chi connectivity index (χ1v) is 6.57. The first-order valence-electron chi connectivity index (χ1n) is 6.57. The van der Waals surface area contributed by atoms with Gasteiger partial charge in [-0.05, 0) is 6.07 Å². The summed E-state index contributed by atoms with van der Waals surface area (Å²) in [5.74, 6) is -0.299. The number of aliphatic hydroxyl groups excluding tert-OH is 1. The van der Waals surface area contributed by atoms with Crippen LogP contribution in [-0.4, -0.2) is 78.1 Å². The van der Waals surface area contributed by atoms with E-state index >= 15 is 0 Å². The summed E-state index contributed by atoms with van der Waals surface area (Å²) in [5, 5.41) is 10.2. The van der Waals surface area contributed by atoms with Gasteiger partial charge in [-0.25, -0.2) is 9.97 Å². The molecule has 8 heteroatoms. The molecular weight excluding hydrogens is 278 g/mol. The number of hydrogen-bond donors (Lipinski definition) is 1. The van der Waals surface area contributed by atoms with Crippen LogP contribution in [-0.2, 0) is 14.3 Å². The summed E-state index contributed by atoms with van der Waals surface area (Å²) in [5.41, 5.74) is 0. The van der Waals surface area contributed by atoms with Crippen LogP contribution in [0.5, 0.6) is 6.01 Å². The number of ether oxygens (including phenoxy) is 3. The molecule has 0 spiro atoms. The average molecular weight is 297 g/mol. The smallest absolute Gasteiger partial charge is 0.316 e. The average Bonchev–Trinajstić information content (AvgIpc) is 2.53. The van der Waals surface area contributed by atoms with Crippen LogP contribution in [0.1, 0.15) is 0 Å². The van der Waals surface area contributed by atoms with Crippen molar-refractivity contribution in [2.75, 3.05) is 34.0 Å². The monoisotopic (exact) mass is 297 g/mol. The first kappa shape index (κ1) is 15.6. The third-order valence-electron chi connectivity index (χ3n) is 3.41. The van der Waals surface area contributed by atoms with Crippen LogP contribution in [0.25, 0.3) is 0 Å². The van der Waals surface area contributed by atoms with Crippen LogP contribution in [0.2, 0.25) is 0 Å². The third kappa shape index (κ3) is 3.87. The van der Waals surface area contributed by atoms with Gasteiger partial charge in [-0.2, -0.15) is 0 Å². The van der Waals surface area contributed by atoms with Crippen molar-refractivity contribution in [2.24, 2.45) is 0 Å². The Bertz CT molecular complexity index is 458. The highest BCUT2D eigenvalue weighted by Crippen LogP contribution is 2.16. The van der Waals surface area contributed by atoms with Crippen LogP contribution in [0.3, 0.4) is 0 Å². The Hall–Kier alpha value is -1.77. The Balaban J connectivity index is 1.89. The number of carbonyl (C=O) groups is 1. The normalized spacial score (nSPS) is 25.4. The SMILES string of the molecule is CO[C@@H]1COC[C@@H](N(C)C(=O)COc2ncccn2)[C@@H]1O. The molecular formula is C13H19N3O5. The molecule has 21 heavy (non-hydrogen) atoms. The summed E-state index contributed by atoms with van der Waals surface area (Å²) in [7, 11) is 3.09. The zero-order valence-corrected chi connectivity index (χ0v) is 12.0. The Morgan fingerprint density at radius 2 is 2.19 bits per heavy atom. The van der Waals surface area contributed by atoms with Gasteiger partial charge in [0.2, 0.25) is 0 Å². The number of methoxy groups -OCH3 is 1. The molecule has 1 aromatic rings. The molecule has 0 aromatic carbocycles. The van der Waals surface area contributed by atoms with E-state index in [0.717, 1.165) is 0 Å². The quantitative estimate of drug-likeness (QED) is 0.751. The van der Waals surface area contributed by atoms with Gasteiger partial charge in [0.05, 0.1) is 19.3 Å². The number of carbonyl (C=O) groups excluding carboxylic acids is 1. The van der Waals surface area contributed by atoms with Crippen molar-refractivity contribution in [3.63, 3.8) is 0 Å². The van der Waals surface area contributed by atoms with E-state index in [1.165, 1.54) is 24.4 Å². The lowest BCUT2D eigenvalue weighted by atomic mass is 10.0. The zero-order valence-electron chi connectivity index (χ0n) is 12.0. The lowest BCUT2D eigenvalue weighted by molar-refractivity contribution is -0.159. The number of rotatable bonds is 5. The second-order valence-electron chi connectivity index (χ2n) is 4.69. The minimum Gasteiger partial charge on any atom is -0.453 e. The van der Waals surface area contributed by atoms with Crippen LogP contribution in [0, 0.1) is 0 Å². The van der Waals surface area contributed by atoms with E-state index in [0.29, 0.717) is 6.61 Å². The Morgan fingerprint density at radius 1 is 1.48 bits per heavy atom. The van der Waals surface area contributed by atoms with Crippen molar-refractivity contribution in [1.82, 2.24) is 14.9 Å². The Kier molecular flexibility index (Phi) is 5.43. The predicted octanol–water partition coefficient (Wildman–Crippen LogP) is -0.911. The highest BCUT2D eigenvalue weighted by Gasteiger charge is 2.37. The van der Waals surface area contributed by atoms with Gasteiger partial charge in [-0.3, -0.25) is 4.79 Å². The summed E-state index contributed by atoms with van der Waals surface area (Å²) in [6.45, 7) is 0.358. The second kappa shape index (κ2) is 7.30. The van der Waals surface area contributed by atoms with Gasteiger partial charge in [0, 0.05) is 26.6 Å². The van der Waals surface area contributed by atoms with Gasteiger partial charge in [-0.1, -0.05) is 0 Å². The van der Waals surface area contributed by atoms with Crippen molar-refractivity contribution in [3.8, 4) is 6.01 Å². The summed E-state index contributed by atoms with van der Waals surface area (Å²) >= 11 is 0. The maximum Gasteiger partial charge on any atom is 0.316 e. The minimum absolute atomic E-state index is 0.134. The van der Waals surface area contributed by atoms with Crippen LogP contribution in [0.15, 0.2) is 18.5 Å². The molecule has 1 aliphatic heterocycles. The van der Waals surface area contributed by atoms with Gasteiger partial charge in [0.25, 0.3) is 5.91 Å². The molecule has 0 unspecified atom stereocenters. The number of likely N-dealkylation sites (N-methyl/N-ethyl adjacent to an activating group) is 1. The van der Waals surface area contributed by atoms with Crippen molar-refractivity contribution in [2.45, 2.75) is 18.2 Å². The molecule has 0 radical (unpaired) electrons. The molecule has 0 aliphatic carbocycles. The van der Waals surface area contributed by atoms with Gasteiger partial charge < -0.3 is 24.2 Å². The lowest BCUT2D eigenvalue weighted by Crippen LogP contribution is -2.57. The lowest BCUT2D eigenvalue weighted by Gasteiger charge is -2.38. The predicted molar refractivity (Wildman–Crippen MR) is 71.7 cm³/mol. The molecule has 3 atom stereocenters. The molecule has 1 amide bonds. The Labute approximate surface area is 122 Å². The fraction of sp³-hybridized carbons (Fsp3) is 0.615. The molecule has 0 saturated carbocycles. The maximum absolute atomic E-state index is 12.1. The van der Waals surface area contributed by atoms with E-state index in [2.05, 4.69) is 9.97 Å². The molecule has 1 N–H and O–H groups in total. The molecule has 1 fully saturated rings. The van der Waals surface area contributed by atoms with E-state index in [9.17, 15) is 9.90 Å². The van der Waals surface area contributed by atoms with E-state index in [4.69, 9.17) is 14.2 Å². The van der Waals surface area contributed by atoms with Crippen molar-refractivity contribution < 1.29 is 24.1 Å². The van der Waals surface area contributed by atoms with E-state index in [-0.39, 0.29) is 25.1 Å². The third-order valence-corrected chi connectivity index (χ3v) is 3.41. The van der Waals surface area contributed by atoms with E-state index < -0.39 is 18.2 Å². The number of amides is 1.